The first-order valence-corrected chi connectivity index (χ1v) is 12.1. The monoisotopic (exact) mass is 440 g/mol. The quantitative estimate of drug-likeness (QED) is 0.298. The number of aliphatic hydroxyl groups excluding tert-OH is 1. The molecule has 0 aromatic rings. The molecule has 31 heavy (non-hydrogen) atoms. The third-order valence-corrected chi connectivity index (χ3v) is 6.66. The number of allylic oxidation sites excluding steroid dienone is 2. The van der Waals surface area contributed by atoms with Crippen molar-refractivity contribution in [3.8, 4) is 0 Å². The molecule has 0 amide bonds. The zero-order valence-corrected chi connectivity index (χ0v) is 18.9. The molecule has 2 aliphatic heterocycles. The van der Waals surface area contributed by atoms with Crippen LogP contribution in [0.3, 0.4) is 0 Å². The summed E-state index contributed by atoms with van der Waals surface area (Å²) in [6.07, 6.45) is 13.7. The maximum absolute atomic E-state index is 11.2. The lowest BCUT2D eigenvalue weighted by Gasteiger charge is -2.30. The van der Waals surface area contributed by atoms with Gasteiger partial charge < -0.3 is 28.8 Å². The largest absolute Gasteiger partial charge is 0.469 e. The van der Waals surface area contributed by atoms with Gasteiger partial charge in [-0.25, -0.2) is 0 Å². The van der Waals surface area contributed by atoms with Crippen molar-refractivity contribution in [3.05, 3.63) is 12.2 Å². The molecule has 2 heterocycles. The summed E-state index contributed by atoms with van der Waals surface area (Å²) < 4.78 is 29.0. The highest BCUT2D eigenvalue weighted by Gasteiger charge is 2.45. The van der Waals surface area contributed by atoms with Gasteiger partial charge in [0.25, 0.3) is 0 Å². The molecule has 2 unspecified atom stereocenters. The van der Waals surface area contributed by atoms with Gasteiger partial charge in [0.1, 0.15) is 0 Å². The normalized spacial score (nSPS) is 34.3. The molecule has 7 nitrogen and oxygen atoms in total. The van der Waals surface area contributed by atoms with E-state index in [2.05, 4.69) is 16.9 Å². The maximum Gasteiger partial charge on any atom is 0.305 e. The predicted molar refractivity (Wildman–Crippen MR) is 115 cm³/mol. The van der Waals surface area contributed by atoms with Gasteiger partial charge >= 0.3 is 5.97 Å². The fraction of sp³-hybridized carbons (Fsp3) is 0.875. The predicted octanol–water partition coefficient (Wildman–Crippen LogP) is 3.73. The van der Waals surface area contributed by atoms with Crippen molar-refractivity contribution in [2.45, 2.75) is 95.4 Å². The van der Waals surface area contributed by atoms with E-state index in [0.29, 0.717) is 6.42 Å². The number of methoxy groups -OCH3 is 1. The van der Waals surface area contributed by atoms with E-state index >= 15 is 0 Å². The van der Waals surface area contributed by atoms with Crippen LogP contribution in [0.5, 0.6) is 0 Å². The topological polar surface area (TPSA) is 83.5 Å². The molecule has 0 bridgehead atoms. The number of unbranched alkanes of at least 4 members (excludes halogenated alkanes) is 1. The SMILES string of the molecule is COC(=O)CCC/C=C\C[C@@H]1[C@@H](CO)[C@H](OC2CCCCO2)C[C@@H]1OC1CCCCO1. The van der Waals surface area contributed by atoms with E-state index < -0.39 is 0 Å². The molecule has 0 spiro atoms. The number of carbonyl (C=O) groups excluding carboxylic acids is 1. The van der Waals surface area contributed by atoms with Crippen molar-refractivity contribution in [3.63, 3.8) is 0 Å². The third kappa shape index (κ3) is 7.82. The molecule has 3 fully saturated rings. The van der Waals surface area contributed by atoms with Gasteiger partial charge in [-0.2, -0.15) is 0 Å². The fourth-order valence-electron chi connectivity index (χ4n) is 4.89. The Morgan fingerprint density at radius 1 is 0.968 bits per heavy atom. The molecule has 6 atom stereocenters. The molecule has 1 aliphatic carbocycles. The summed E-state index contributed by atoms with van der Waals surface area (Å²) in [5.74, 6) is 0.00946. The van der Waals surface area contributed by atoms with E-state index in [1.807, 2.05) is 0 Å². The highest BCUT2D eigenvalue weighted by Crippen LogP contribution is 2.41. The lowest BCUT2D eigenvalue weighted by molar-refractivity contribution is -0.204. The van der Waals surface area contributed by atoms with E-state index in [1.54, 1.807) is 0 Å². The smallest absolute Gasteiger partial charge is 0.305 e. The summed E-state index contributed by atoms with van der Waals surface area (Å²) in [6.45, 7) is 1.57. The van der Waals surface area contributed by atoms with Crippen LogP contribution < -0.4 is 0 Å². The summed E-state index contributed by atoms with van der Waals surface area (Å²) >= 11 is 0. The van der Waals surface area contributed by atoms with Crippen LogP contribution in [-0.2, 0) is 28.5 Å². The summed E-state index contributed by atoms with van der Waals surface area (Å²) in [4.78, 5) is 11.2. The van der Waals surface area contributed by atoms with E-state index in [-0.39, 0.29) is 49.2 Å². The van der Waals surface area contributed by atoms with Crippen molar-refractivity contribution in [1.82, 2.24) is 0 Å². The Balaban J connectivity index is 1.57. The maximum atomic E-state index is 11.2. The molecule has 3 aliphatic rings. The number of hydrogen-bond donors (Lipinski definition) is 1. The van der Waals surface area contributed by atoms with Crippen LogP contribution in [0, 0.1) is 11.8 Å². The van der Waals surface area contributed by atoms with Gasteiger partial charge in [0.2, 0.25) is 0 Å². The van der Waals surface area contributed by atoms with Gasteiger partial charge in [-0.1, -0.05) is 12.2 Å². The zero-order chi connectivity index (χ0) is 21.9. The minimum Gasteiger partial charge on any atom is -0.469 e. The Hall–Kier alpha value is -0.990. The highest BCUT2D eigenvalue weighted by atomic mass is 16.7. The second-order valence-electron chi connectivity index (χ2n) is 8.86. The third-order valence-electron chi connectivity index (χ3n) is 6.66. The van der Waals surface area contributed by atoms with Crippen LogP contribution in [-0.4, -0.2) is 62.8 Å². The van der Waals surface area contributed by atoms with E-state index in [9.17, 15) is 9.90 Å². The second-order valence-corrected chi connectivity index (χ2v) is 8.86. The van der Waals surface area contributed by atoms with Crippen LogP contribution in [0.2, 0.25) is 0 Å². The van der Waals surface area contributed by atoms with Crippen LogP contribution in [0.4, 0.5) is 0 Å². The first-order valence-electron chi connectivity index (χ1n) is 12.1. The Kier molecular flexibility index (Phi) is 10.8. The first kappa shape index (κ1) is 24.6. The van der Waals surface area contributed by atoms with E-state index in [4.69, 9.17) is 18.9 Å². The number of esters is 1. The molecule has 2 saturated heterocycles. The standard InChI is InChI=1S/C24H40O7/c1-27-22(26)11-5-3-2-4-10-18-19(17-25)21(31-24-13-7-9-15-29-24)16-20(18)30-23-12-6-8-14-28-23/h2,4,18-21,23-25H,3,5-17H2,1H3/b4-2-/t18-,19-,20+,21-,23?,24?/m1/s1. The molecule has 178 valence electrons. The van der Waals surface area contributed by atoms with Crippen LogP contribution >= 0.6 is 0 Å². The van der Waals surface area contributed by atoms with E-state index in [0.717, 1.165) is 77.4 Å². The molecule has 0 radical (unpaired) electrons. The summed E-state index contributed by atoms with van der Waals surface area (Å²) in [5, 5.41) is 10.2. The lowest BCUT2D eigenvalue weighted by Crippen LogP contribution is -2.33. The molecule has 0 aromatic carbocycles. The van der Waals surface area contributed by atoms with Gasteiger partial charge in [-0.3, -0.25) is 4.79 Å². The number of rotatable bonds is 11. The van der Waals surface area contributed by atoms with Crippen molar-refractivity contribution in [2.75, 3.05) is 26.9 Å². The van der Waals surface area contributed by atoms with Gasteiger partial charge in [-0.15, -0.1) is 0 Å². The Labute approximate surface area is 186 Å². The molecule has 0 aromatic heterocycles. The van der Waals surface area contributed by atoms with Crippen molar-refractivity contribution < 1.29 is 33.6 Å². The average Bonchev–Trinajstić information content (AvgIpc) is 3.12. The molecular formula is C24H40O7. The van der Waals surface area contributed by atoms with Crippen molar-refractivity contribution in [1.29, 1.82) is 0 Å². The van der Waals surface area contributed by atoms with E-state index in [1.165, 1.54) is 7.11 Å². The average molecular weight is 441 g/mol. The van der Waals surface area contributed by atoms with Crippen LogP contribution in [0.15, 0.2) is 12.2 Å². The minimum absolute atomic E-state index is 0.00596. The zero-order valence-electron chi connectivity index (χ0n) is 18.9. The van der Waals surface area contributed by atoms with Gasteiger partial charge in [0, 0.05) is 38.6 Å². The van der Waals surface area contributed by atoms with Crippen LogP contribution in [0.1, 0.15) is 70.6 Å². The fourth-order valence-corrected chi connectivity index (χ4v) is 4.89. The molecule has 1 saturated carbocycles. The second kappa shape index (κ2) is 13.5. The molecule has 7 heteroatoms. The van der Waals surface area contributed by atoms with Gasteiger partial charge in [0.15, 0.2) is 12.6 Å². The summed E-state index contributed by atoms with van der Waals surface area (Å²) in [5.41, 5.74) is 0. The van der Waals surface area contributed by atoms with Gasteiger partial charge in [0.05, 0.1) is 19.3 Å². The number of hydrogen-bond acceptors (Lipinski definition) is 7. The van der Waals surface area contributed by atoms with Gasteiger partial charge in [-0.05, 0) is 63.7 Å². The lowest BCUT2D eigenvalue weighted by atomic mass is 9.90. The summed E-state index contributed by atoms with van der Waals surface area (Å²) in [7, 11) is 1.42. The van der Waals surface area contributed by atoms with Crippen LogP contribution in [0.25, 0.3) is 0 Å². The molecular weight excluding hydrogens is 400 g/mol. The number of carbonyl (C=O) groups is 1. The first-order chi connectivity index (χ1) is 15.2. The Morgan fingerprint density at radius 2 is 1.61 bits per heavy atom. The number of ether oxygens (including phenoxy) is 5. The molecule has 1 N–H and O–H groups in total. The van der Waals surface area contributed by atoms with Crippen molar-refractivity contribution >= 4 is 5.97 Å². The Bertz CT molecular complexity index is 540. The minimum atomic E-state index is -0.174. The van der Waals surface area contributed by atoms with Crippen molar-refractivity contribution in [2.24, 2.45) is 11.8 Å². The highest BCUT2D eigenvalue weighted by molar-refractivity contribution is 5.69. The Morgan fingerprint density at radius 3 is 2.16 bits per heavy atom. The summed E-state index contributed by atoms with van der Waals surface area (Å²) in [6, 6.07) is 0. The number of aliphatic hydroxyl groups is 1. The molecule has 3 rings (SSSR count).